The summed E-state index contributed by atoms with van der Waals surface area (Å²) >= 11 is 10.7. The monoisotopic (exact) mass is 316 g/mol. The highest BCUT2D eigenvalue weighted by Gasteiger charge is 2.38. The number of halogens is 6. The Labute approximate surface area is 111 Å². The second kappa shape index (κ2) is 4.24. The summed E-state index contributed by atoms with van der Waals surface area (Å²) in [7, 11) is 0. The van der Waals surface area contributed by atoms with E-state index in [0.29, 0.717) is 0 Å². The van der Waals surface area contributed by atoms with E-state index >= 15 is 0 Å². The maximum atomic E-state index is 13.7. The Balaban J connectivity index is 3.16. The van der Waals surface area contributed by atoms with Crippen molar-refractivity contribution in [2.75, 3.05) is 0 Å². The third-order valence-corrected chi connectivity index (χ3v) is 3.12. The summed E-state index contributed by atoms with van der Waals surface area (Å²) in [5, 5.41) is -2.09. The van der Waals surface area contributed by atoms with Crippen molar-refractivity contribution in [2.45, 2.75) is 6.18 Å². The zero-order chi connectivity index (χ0) is 14.5. The van der Waals surface area contributed by atoms with Gasteiger partial charge in [-0.05, 0) is 0 Å². The molecule has 0 aliphatic heterocycles. The highest BCUT2D eigenvalue weighted by molar-refractivity contribution is 6.43. The van der Waals surface area contributed by atoms with E-state index in [1.807, 2.05) is 0 Å². The fraction of sp³-hybridized carbons (Fsp3) is 0.111. The largest absolute Gasteiger partial charge is 0.419 e. The fourth-order valence-corrected chi connectivity index (χ4v) is 1.98. The number of alkyl halides is 3. The second-order valence-electron chi connectivity index (χ2n) is 3.47. The molecule has 0 bridgehead atoms. The molecule has 0 spiro atoms. The van der Waals surface area contributed by atoms with E-state index in [2.05, 4.69) is 0 Å². The van der Waals surface area contributed by atoms with Crippen molar-refractivity contribution >= 4 is 34.2 Å². The Morgan fingerprint density at radius 1 is 0.895 bits per heavy atom. The van der Waals surface area contributed by atoms with Crippen LogP contribution in [0.25, 0.3) is 11.0 Å². The number of rotatable bonds is 0. The maximum Gasteiger partial charge on any atom is 0.419 e. The Morgan fingerprint density at radius 3 is 1.84 bits per heavy atom. The molecule has 2 rings (SSSR count). The first-order valence-corrected chi connectivity index (χ1v) is 5.30. The van der Waals surface area contributed by atoms with Crippen LogP contribution in [0.2, 0.25) is 10.0 Å². The molecule has 0 saturated heterocycles. The molecule has 0 atom stereocenters. The Bertz CT molecular complexity index is 794. The molecule has 0 aliphatic carbocycles. The van der Waals surface area contributed by atoms with Crippen molar-refractivity contribution in [1.29, 1.82) is 0 Å². The summed E-state index contributed by atoms with van der Waals surface area (Å²) in [6.45, 7) is 0. The lowest BCUT2D eigenvalue weighted by atomic mass is 10.1. The summed E-state index contributed by atoms with van der Waals surface area (Å²) in [5.41, 5.74) is -6.03. The standard InChI is InChI=1S/C9H2Cl2F4N2O2/c10-2-1(9(13,14)15)5-6(4(12)3(2)11)17-8(19)7(18)16-5/h(H,16,18)(H,17,19). The van der Waals surface area contributed by atoms with Crippen molar-refractivity contribution in [3.63, 3.8) is 0 Å². The average Bonchev–Trinajstić information content (AvgIpc) is 2.28. The van der Waals surface area contributed by atoms with Crippen LogP contribution in [-0.4, -0.2) is 9.97 Å². The van der Waals surface area contributed by atoms with Crippen LogP contribution < -0.4 is 11.1 Å². The lowest BCUT2D eigenvalue weighted by Crippen LogP contribution is -2.30. The molecule has 4 nitrogen and oxygen atoms in total. The molecule has 2 aromatic rings. The van der Waals surface area contributed by atoms with Gasteiger partial charge in [0, 0.05) is 0 Å². The summed E-state index contributed by atoms with van der Waals surface area (Å²) < 4.78 is 52.2. The molecule has 0 aliphatic rings. The fourth-order valence-electron chi connectivity index (χ4n) is 1.51. The van der Waals surface area contributed by atoms with E-state index in [0.717, 1.165) is 0 Å². The quantitative estimate of drug-likeness (QED) is 0.446. The second-order valence-corrected chi connectivity index (χ2v) is 4.23. The molecule has 0 amide bonds. The third-order valence-electron chi connectivity index (χ3n) is 2.29. The van der Waals surface area contributed by atoms with Crippen LogP contribution in [0.15, 0.2) is 9.59 Å². The predicted molar refractivity (Wildman–Crippen MR) is 60.2 cm³/mol. The smallest absolute Gasteiger partial charge is 0.315 e. The van der Waals surface area contributed by atoms with Gasteiger partial charge in [0.2, 0.25) is 0 Å². The van der Waals surface area contributed by atoms with Gasteiger partial charge in [-0.25, -0.2) is 4.39 Å². The van der Waals surface area contributed by atoms with E-state index in [1.165, 1.54) is 0 Å². The van der Waals surface area contributed by atoms with E-state index in [1.54, 1.807) is 9.97 Å². The molecule has 0 unspecified atom stereocenters. The topological polar surface area (TPSA) is 65.7 Å². The lowest BCUT2D eigenvalue weighted by molar-refractivity contribution is -0.136. The summed E-state index contributed by atoms with van der Waals surface area (Å²) in [4.78, 5) is 25.4. The Hall–Kier alpha value is -1.54. The maximum absolute atomic E-state index is 13.7. The van der Waals surface area contributed by atoms with Crippen molar-refractivity contribution in [3.05, 3.63) is 42.1 Å². The van der Waals surface area contributed by atoms with Crippen molar-refractivity contribution in [2.24, 2.45) is 0 Å². The molecular formula is C9H2Cl2F4N2O2. The van der Waals surface area contributed by atoms with Crippen molar-refractivity contribution < 1.29 is 17.6 Å². The number of hydrogen-bond donors (Lipinski definition) is 2. The number of nitrogens with one attached hydrogen (secondary N) is 2. The highest BCUT2D eigenvalue weighted by atomic mass is 35.5. The van der Waals surface area contributed by atoms with Crippen LogP contribution in [0.4, 0.5) is 17.6 Å². The molecule has 1 aromatic heterocycles. The number of H-pyrrole nitrogens is 2. The first-order chi connectivity index (χ1) is 8.64. The van der Waals surface area contributed by atoms with Crippen LogP contribution in [-0.2, 0) is 6.18 Å². The number of aromatic amines is 2. The summed E-state index contributed by atoms with van der Waals surface area (Å²) in [6.07, 6.45) is -4.99. The zero-order valence-corrected chi connectivity index (χ0v) is 10.1. The van der Waals surface area contributed by atoms with Gasteiger partial charge >= 0.3 is 17.3 Å². The SMILES string of the molecule is O=c1[nH]c2c(F)c(Cl)c(Cl)c(C(F)(F)F)c2[nH]c1=O. The van der Waals surface area contributed by atoms with Crippen LogP contribution in [0, 0.1) is 5.82 Å². The normalized spacial score (nSPS) is 12.1. The van der Waals surface area contributed by atoms with Crippen molar-refractivity contribution in [1.82, 2.24) is 9.97 Å². The van der Waals surface area contributed by atoms with Gasteiger partial charge in [-0.3, -0.25) is 9.59 Å². The van der Waals surface area contributed by atoms with Crippen LogP contribution in [0.3, 0.4) is 0 Å². The number of aromatic nitrogens is 2. The number of fused-ring (bicyclic) bond motifs is 1. The zero-order valence-electron chi connectivity index (χ0n) is 8.58. The van der Waals surface area contributed by atoms with E-state index in [-0.39, 0.29) is 0 Å². The van der Waals surface area contributed by atoms with E-state index in [4.69, 9.17) is 23.2 Å². The van der Waals surface area contributed by atoms with Gasteiger partial charge in [0.05, 0.1) is 15.6 Å². The predicted octanol–water partition coefficient (Wildman–Crippen LogP) is 2.68. The van der Waals surface area contributed by atoms with Gasteiger partial charge in [0.15, 0.2) is 5.82 Å². The summed E-state index contributed by atoms with van der Waals surface area (Å²) in [5.74, 6) is -1.36. The molecule has 1 aromatic carbocycles. The molecular weight excluding hydrogens is 315 g/mol. The molecule has 102 valence electrons. The minimum atomic E-state index is -4.99. The summed E-state index contributed by atoms with van der Waals surface area (Å²) in [6, 6.07) is 0. The van der Waals surface area contributed by atoms with Gasteiger partial charge in [-0.1, -0.05) is 23.2 Å². The number of benzene rings is 1. The van der Waals surface area contributed by atoms with Gasteiger partial charge in [-0.2, -0.15) is 13.2 Å². The first kappa shape index (κ1) is 13.9. The Morgan fingerprint density at radius 2 is 1.37 bits per heavy atom. The molecule has 2 N–H and O–H groups in total. The average molecular weight is 317 g/mol. The minimum absolute atomic E-state index is 0.869. The molecule has 1 heterocycles. The van der Waals surface area contributed by atoms with Gasteiger partial charge < -0.3 is 9.97 Å². The van der Waals surface area contributed by atoms with E-state index < -0.39 is 49.8 Å². The third kappa shape index (κ3) is 2.10. The van der Waals surface area contributed by atoms with Crippen LogP contribution in [0.1, 0.15) is 5.56 Å². The first-order valence-electron chi connectivity index (χ1n) is 4.54. The molecule has 10 heteroatoms. The van der Waals surface area contributed by atoms with E-state index in [9.17, 15) is 27.2 Å². The van der Waals surface area contributed by atoms with Crippen LogP contribution in [0.5, 0.6) is 0 Å². The minimum Gasteiger partial charge on any atom is -0.315 e. The van der Waals surface area contributed by atoms with Gasteiger partial charge in [0.25, 0.3) is 0 Å². The Kier molecular flexibility index (Phi) is 3.10. The van der Waals surface area contributed by atoms with Crippen LogP contribution >= 0.6 is 23.2 Å². The lowest BCUT2D eigenvalue weighted by Gasteiger charge is -2.13. The molecule has 0 saturated carbocycles. The number of hydrogen-bond acceptors (Lipinski definition) is 2. The molecule has 0 fully saturated rings. The molecule has 0 radical (unpaired) electrons. The molecule has 19 heavy (non-hydrogen) atoms. The highest BCUT2D eigenvalue weighted by Crippen LogP contribution is 2.42. The van der Waals surface area contributed by atoms with Crippen molar-refractivity contribution in [3.8, 4) is 0 Å². The van der Waals surface area contributed by atoms with Gasteiger partial charge in [0.1, 0.15) is 11.1 Å². The van der Waals surface area contributed by atoms with Gasteiger partial charge in [-0.15, -0.1) is 0 Å².